The van der Waals surface area contributed by atoms with Crippen LogP contribution in [0.15, 0.2) is 12.7 Å². The van der Waals surface area contributed by atoms with Crippen LogP contribution in [0.3, 0.4) is 0 Å². The molecule has 2 nitrogen and oxygen atoms in total. The Morgan fingerprint density at radius 1 is 1.54 bits per heavy atom. The van der Waals surface area contributed by atoms with Crippen LogP contribution in [0.1, 0.15) is 13.8 Å². The second-order valence-electron chi connectivity index (χ2n) is 4.25. The molecule has 0 spiro atoms. The van der Waals surface area contributed by atoms with E-state index < -0.39 is 13.6 Å². The lowest BCUT2D eigenvalue weighted by molar-refractivity contribution is -0.134. The van der Waals surface area contributed by atoms with Crippen molar-refractivity contribution in [2.75, 3.05) is 7.11 Å². The molecule has 0 aromatic carbocycles. The predicted octanol–water partition coefficient (Wildman–Crippen LogP) is 1.31. The Morgan fingerprint density at radius 3 is 1.85 bits per heavy atom. The van der Waals surface area contributed by atoms with E-state index >= 15 is 0 Å². The van der Waals surface area contributed by atoms with E-state index in [1.807, 2.05) is 0 Å². The zero-order valence-electron chi connectivity index (χ0n) is 9.68. The normalized spacial score (nSPS) is 10.3. The van der Waals surface area contributed by atoms with Crippen LogP contribution in [-0.2, 0) is 9.53 Å². The van der Waals surface area contributed by atoms with Crippen molar-refractivity contribution in [3.8, 4) is 0 Å². The van der Waals surface area contributed by atoms with Crippen molar-refractivity contribution in [1.82, 2.24) is 0 Å². The Balaban J connectivity index is 0. The molecule has 0 atom stereocenters. The SMILES string of the molecule is C=CC(=O)OC.CC(C)[Si](C)(C)[SiH3]. The van der Waals surface area contributed by atoms with Gasteiger partial charge >= 0.3 is 5.97 Å². The van der Waals surface area contributed by atoms with Gasteiger partial charge in [0.1, 0.15) is 0 Å². The van der Waals surface area contributed by atoms with Gasteiger partial charge in [-0.2, -0.15) is 0 Å². The van der Waals surface area contributed by atoms with Gasteiger partial charge in [0.2, 0.25) is 0 Å². The fourth-order valence-corrected chi connectivity index (χ4v) is 0.0833. The monoisotopic (exact) mass is 218 g/mol. The molecule has 0 heterocycles. The van der Waals surface area contributed by atoms with Gasteiger partial charge in [-0.3, -0.25) is 0 Å². The van der Waals surface area contributed by atoms with Crippen LogP contribution in [0.25, 0.3) is 0 Å². The third kappa shape index (κ3) is 11.6. The van der Waals surface area contributed by atoms with E-state index in [0.717, 1.165) is 11.6 Å². The van der Waals surface area contributed by atoms with Crippen molar-refractivity contribution < 1.29 is 9.53 Å². The molecule has 0 bridgehead atoms. The average Bonchev–Trinajstić information content (AvgIpc) is 2.02. The number of ether oxygens (including phenoxy) is 1. The molecular weight excluding hydrogens is 196 g/mol. The number of carbonyl (C=O) groups excluding carboxylic acids is 1. The smallest absolute Gasteiger partial charge is 0.329 e. The molecule has 0 unspecified atom stereocenters. The summed E-state index contributed by atoms with van der Waals surface area (Å²) in [5.41, 5.74) is 0.999. The highest BCUT2D eigenvalue weighted by Crippen LogP contribution is 2.14. The minimum Gasteiger partial charge on any atom is -0.466 e. The molecular formula is C9H22O2Si2. The van der Waals surface area contributed by atoms with Crippen LogP contribution in [-0.4, -0.2) is 30.4 Å². The molecule has 4 heteroatoms. The molecule has 0 fully saturated rings. The summed E-state index contributed by atoms with van der Waals surface area (Å²) in [7, 11) is 2.17. The maximum atomic E-state index is 9.84. The summed E-state index contributed by atoms with van der Waals surface area (Å²) in [6.07, 6.45) is 1.11. The number of hydrogen-bond acceptors (Lipinski definition) is 2. The third-order valence-electron chi connectivity index (χ3n) is 2.10. The van der Waals surface area contributed by atoms with Crippen LogP contribution in [0.2, 0.25) is 18.6 Å². The summed E-state index contributed by atoms with van der Waals surface area (Å²) in [5.74, 6) is -0.394. The van der Waals surface area contributed by atoms with Crippen molar-refractivity contribution in [1.29, 1.82) is 0 Å². The molecule has 0 aliphatic heterocycles. The zero-order valence-corrected chi connectivity index (χ0v) is 12.7. The first-order chi connectivity index (χ1) is 5.75. The molecule has 0 saturated carbocycles. The lowest BCUT2D eigenvalue weighted by Gasteiger charge is -2.19. The van der Waals surface area contributed by atoms with Gasteiger partial charge in [0, 0.05) is 13.7 Å². The van der Waals surface area contributed by atoms with Crippen molar-refractivity contribution in [3.05, 3.63) is 12.7 Å². The summed E-state index contributed by atoms with van der Waals surface area (Å²) >= 11 is 0. The quantitative estimate of drug-likeness (QED) is 0.397. The highest BCUT2D eigenvalue weighted by Gasteiger charge is 2.16. The van der Waals surface area contributed by atoms with E-state index in [2.05, 4.69) is 38.3 Å². The molecule has 0 rings (SSSR count). The zero-order chi connectivity index (χ0) is 11.1. The Hall–Kier alpha value is -0.356. The Bertz CT molecular complexity index is 159. The van der Waals surface area contributed by atoms with Gasteiger partial charge in [-0.25, -0.2) is 4.79 Å². The first-order valence-electron chi connectivity index (χ1n) is 4.46. The Labute approximate surface area is 85.6 Å². The van der Waals surface area contributed by atoms with E-state index in [1.165, 1.54) is 16.9 Å². The largest absolute Gasteiger partial charge is 0.466 e. The highest BCUT2D eigenvalue weighted by atomic mass is 29.2. The van der Waals surface area contributed by atoms with E-state index in [0.29, 0.717) is 0 Å². The van der Waals surface area contributed by atoms with Gasteiger partial charge in [-0.1, -0.05) is 39.1 Å². The van der Waals surface area contributed by atoms with Crippen LogP contribution < -0.4 is 0 Å². The van der Waals surface area contributed by atoms with Crippen LogP contribution in [0.4, 0.5) is 0 Å². The molecule has 78 valence electrons. The maximum Gasteiger partial charge on any atom is 0.329 e. The minimum atomic E-state index is -0.596. The molecule has 13 heavy (non-hydrogen) atoms. The van der Waals surface area contributed by atoms with Gasteiger partial charge in [-0.15, -0.1) is 0 Å². The van der Waals surface area contributed by atoms with Crippen LogP contribution >= 0.6 is 0 Å². The number of hydrogen-bond donors (Lipinski definition) is 0. The molecule has 0 aliphatic rings. The van der Waals surface area contributed by atoms with E-state index in [9.17, 15) is 4.79 Å². The van der Waals surface area contributed by atoms with Crippen molar-refractivity contribution in [2.45, 2.75) is 32.5 Å². The number of esters is 1. The number of methoxy groups -OCH3 is 1. The summed E-state index contributed by atoms with van der Waals surface area (Å²) in [6.45, 7) is 12.8. The number of carbonyl (C=O) groups is 1. The minimum absolute atomic E-state index is 0.394. The summed E-state index contributed by atoms with van der Waals surface area (Å²) < 4.78 is 4.14. The fraction of sp³-hybridized carbons (Fsp3) is 0.667. The van der Waals surface area contributed by atoms with Crippen molar-refractivity contribution in [3.63, 3.8) is 0 Å². The summed E-state index contributed by atoms with van der Waals surface area (Å²) in [4.78, 5) is 9.84. The second kappa shape index (κ2) is 7.09. The lowest BCUT2D eigenvalue weighted by Crippen LogP contribution is -2.29. The van der Waals surface area contributed by atoms with Gasteiger partial charge in [0.05, 0.1) is 7.11 Å². The van der Waals surface area contributed by atoms with E-state index in [1.54, 1.807) is 0 Å². The average molecular weight is 218 g/mol. The standard InChI is InChI=1S/C5H16Si2.C4H6O2/c1-5(2)7(3,4)6;1-3-4(5)6-2/h5H,1-4,6H3;3H,1H2,2H3. The van der Waals surface area contributed by atoms with Gasteiger partial charge in [0.15, 0.2) is 0 Å². The second-order valence-corrected chi connectivity index (χ2v) is 17.9. The fourth-order valence-electron chi connectivity index (χ4n) is 0.0833. The van der Waals surface area contributed by atoms with Gasteiger partial charge < -0.3 is 4.74 Å². The first kappa shape index (κ1) is 15.1. The van der Waals surface area contributed by atoms with Crippen LogP contribution in [0.5, 0.6) is 0 Å². The molecule has 0 radical (unpaired) electrons. The predicted molar refractivity (Wildman–Crippen MR) is 64.7 cm³/mol. The molecule has 0 aliphatic carbocycles. The molecule has 0 aromatic rings. The third-order valence-corrected chi connectivity index (χ3v) is 9.03. The van der Waals surface area contributed by atoms with E-state index in [-0.39, 0.29) is 0 Å². The highest BCUT2D eigenvalue weighted by molar-refractivity contribution is 7.16. The first-order valence-corrected chi connectivity index (χ1v) is 11.0. The molecule has 0 N–H and O–H groups in total. The Morgan fingerprint density at radius 2 is 1.85 bits per heavy atom. The summed E-state index contributed by atoms with van der Waals surface area (Å²) in [6, 6.07) is 0. The Kier molecular flexibility index (Phi) is 8.25. The van der Waals surface area contributed by atoms with Gasteiger partial charge in [-0.05, 0) is 9.76 Å². The topological polar surface area (TPSA) is 26.3 Å². The van der Waals surface area contributed by atoms with Crippen molar-refractivity contribution in [2.24, 2.45) is 0 Å². The maximum absolute atomic E-state index is 9.84. The van der Waals surface area contributed by atoms with Gasteiger partial charge in [0.25, 0.3) is 0 Å². The summed E-state index contributed by atoms with van der Waals surface area (Å²) in [5, 5.41) is 0. The molecule has 0 saturated heterocycles. The van der Waals surface area contributed by atoms with Crippen LogP contribution in [0, 0.1) is 0 Å². The lowest BCUT2D eigenvalue weighted by atomic mass is 10.6. The van der Waals surface area contributed by atoms with E-state index in [4.69, 9.17) is 0 Å². The molecule has 0 aromatic heterocycles. The van der Waals surface area contributed by atoms with Crippen molar-refractivity contribution >= 4 is 23.3 Å². The number of rotatable bonds is 2. The molecule has 0 amide bonds.